The predicted molar refractivity (Wildman–Crippen MR) is 145 cm³/mol. The number of likely N-dealkylation sites (tertiary alicyclic amines) is 2. The van der Waals surface area contributed by atoms with Crippen LogP contribution in [0.1, 0.15) is 41.6 Å². The Hall–Kier alpha value is -2.80. The fraction of sp³-hybridized carbons (Fsp3) is 0.357. The number of piperidine rings is 1. The molecule has 0 radical (unpaired) electrons. The number of pyridine rings is 1. The van der Waals surface area contributed by atoms with Crippen molar-refractivity contribution in [2.75, 3.05) is 31.9 Å². The van der Waals surface area contributed by atoms with Crippen LogP contribution in [0.3, 0.4) is 0 Å². The van der Waals surface area contributed by atoms with Crippen molar-refractivity contribution < 1.29 is 9.53 Å². The van der Waals surface area contributed by atoms with E-state index < -0.39 is 0 Å². The van der Waals surface area contributed by atoms with Crippen molar-refractivity contribution in [3.05, 3.63) is 75.9 Å². The quantitative estimate of drug-likeness (QED) is 0.433. The van der Waals surface area contributed by atoms with Crippen LogP contribution in [0, 0.1) is 0 Å². The summed E-state index contributed by atoms with van der Waals surface area (Å²) >= 11 is 12.2. The summed E-state index contributed by atoms with van der Waals surface area (Å²) < 4.78 is 5.91. The molecule has 2 aliphatic rings. The number of nitrogens with two attached hydrogens (primary N) is 1. The van der Waals surface area contributed by atoms with E-state index in [0.29, 0.717) is 33.2 Å². The van der Waals surface area contributed by atoms with Gasteiger partial charge in [0, 0.05) is 52.1 Å². The molecular weight excluding hydrogens is 495 g/mol. The number of carbonyl (C=O) groups excluding carboxylic acids is 1. The minimum Gasteiger partial charge on any atom is -0.485 e. The van der Waals surface area contributed by atoms with Crippen LogP contribution in [0.15, 0.2) is 54.7 Å². The third-order valence-corrected chi connectivity index (χ3v) is 7.74. The summed E-state index contributed by atoms with van der Waals surface area (Å²) in [7, 11) is 0. The lowest BCUT2D eigenvalue weighted by Crippen LogP contribution is -2.45. The van der Waals surface area contributed by atoms with Gasteiger partial charge >= 0.3 is 0 Å². The molecule has 2 saturated heterocycles. The van der Waals surface area contributed by atoms with Gasteiger partial charge in [-0.1, -0.05) is 41.4 Å². The Morgan fingerprint density at radius 2 is 1.69 bits per heavy atom. The maximum Gasteiger partial charge on any atom is 0.253 e. The first-order chi connectivity index (χ1) is 17.5. The van der Waals surface area contributed by atoms with Crippen LogP contribution in [0.2, 0.25) is 10.0 Å². The number of carbonyl (C=O) groups is 1. The Morgan fingerprint density at radius 3 is 2.39 bits per heavy atom. The van der Waals surface area contributed by atoms with Gasteiger partial charge in [-0.3, -0.25) is 4.79 Å². The Labute approximate surface area is 222 Å². The van der Waals surface area contributed by atoms with Crippen molar-refractivity contribution in [2.24, 2.45) is 0 Å². The third-order valence-electron chi connectivity index (χ3n) is 7.15. The van der Waals surface area contributed by atoms with E-state index in [2.05, 4.69) is 9.88 Å². The van der Waals surface area contributed by atoms with E-state index in [4.69, 9.17) is 33.7 Å². The number of aromatic nitrogens is 1. The number of hydrogen-bond acceptors (Lipinski definition) is 5. The van der Waals surface area contributed by atoms with Gasteiger partial charge in [0.05, 0.1) is 0 Å². The van der Waals surface area contributed by atoms with Crippen molar-refractivity contribution in [1.82, 2.24) is 14.8 Å². The lowest BCUT2D eigenvalue weighted by molar-refractivity contribution is 0.0644. The Balaban J connectivity index is 1.22. The summed E-state index contributed by atoms with van der Waals surface area (Å²) in [4.78, 5) is 22.0. The molecular formula is C28H30Cl2N4O2. The molecule has 1 aromatic heterocycles. The van der Waals surface area contributed by atoms with Gasteiger partial charge in [-0.25, -0.2) is 4.98 Å². The molecule has 2 N–H and O–H groups in total. The standard InChI is InChI=1S/C28H30Cl2N4O2/c29-23-8-7-21(25(30)16-23)18-36-26-15-22(17-32-27(26)31)19-3-5-20(6-4-19)28(35)34-13-9-24(10-14-34)33-11-1-2-12-33/h3-8,15-17,24H,1-2,9-14,18H2,(H2,31,32). The second kappa shape index (κ2) is 11.1. The fourth-order valence-corrected chi connectivity index (χ4v) is 5.51. The van der Waals surface area contributed by atoms with E-state index in [9.17, 15) is 4.79 Å². The van der Waals surface area contributed by atoms with E-state index in [-0.39, 0.29) is 12.5 Å². The highest BCUT2D eigenvalue weighted by Crippen LogP contribution is 2.30. The van der Waals surface area contributed by atoms with E-state index >= 15 is 0 Å². The average Bonchev–Trinajstić information content (AvgIpc) is 3.44. The fourth-order valence-electron chi connectivity index (χ4n) is 5.05. The zero-order chi connectivity index (χ0) is 25.1. The van der Waals surface area contributed by atoms with E-state index in [0.717, 1.165) is 42.6 Å². The summed E-state index contributed by atoms with van der Waals surface area (Å²) in [5, 5.41) is 1.10. The van der Waals surface area contributed by atoms with Crippen LogP contribution >= 0.6 is 23.2 Å². The first-order valence-corrected chi connectivity index (χ1v) is 13.2. The average molecular weight is 525 g/mol. The molecule has 2 fully saturated rings. The SMILES string of the molecule is Nc1ncc(-c2ccc(C(=O)N3CCC(N4CCCC4)CC3)cc2)cc1OCc1ccc(Cl)cc1Cl. The summed E-state index contributed by atoms with van der Waals surface area (Å²) in [6.07, 6.45) is 6.44. The van der Waals surface area contributed by atoms with Crippen molar-refractivity contribution >= 4 is 34.9 Å². The van der Waals surface area contributed by atoms with Crippen LogP contribution in [0.25, 0.3) is 11.1 Å². The predicted octanol–water partition coefficient (Wildman–Crippen LogP) is 5.92. The van der Waals surface area contributed by atoms with Crippen molar-refractivity contribution in [1.29, 1.82) is 0 Å². The topological polar surface area (TPSA) is 71.7 Å². The molecule has 36 heavy (non-hydrogen) atoms. The molecule has 188 valence electrons. The van der Waals surface area contributed by atoms with Gasteiger partial charge in [-0.2, -0.15) is 0 Å². The maximum atomic E-state index is 13.1. The number of anilines is 1. The summed E-state index contributed by atoms with van der Waals surface area (Å²) in [5.41, 5.74) is 9.34. The largest absolute Gasteiger partial charge is 0.485 e. The Kier molecular flexibility index (Phi) is 7.65. The van der Waals surface area contributed by atoms with Crippen LogP contribution in [0.5, 0.6) is 5.75 Å². The van der Waals surface area contributed by atoms with Crippen molar-refractivity contribution in [3.8, 4) is 16.9 Å². The molecule has 0 spiro atoms. The number of nitrogens with zero attached hydrogens (tertiary/aromatic N) is 3. The van der Waals surface area contributed by atoms with Gasteiger partial charge in [0.1, 0.15) is 6.61 Å². The molecule has 3 aromatic rings. The zero-order valence-corrected chi connectivity index (χ0v) is 21.6. The first kappa shape index (κ1) is 24.9. The number of amides is 1. The minimum atomic E-state index is 0.0979. The highest BCUT2D eigenvalue weighted by atomic mass is 35.5. The molecule has 6 nitrogen and oxygen atoms in total. The molecule has 0 unspecified atom stereocenters. The van der Waals surface area contributed by atoms with E-state index in [1.54, 1.807) is 18.3 Å². The molecule has 2 aliphatic heterocycles. The Morgan fingerprint density at radius 1 is 0.972 bits per heavy atom. The monoisotopic (exact) mass is 524 g/mol. The van der Waals surface area contributed by atoms with Crippen LogP contribution in [-0.4, -0.2) is 52.9 Å². The number of benzene rings is 2. The molecule has 0 atom stereocenters. The number of rotatable bonds is 6. The van der Waals surface area contributed by atoms with Crippen LogP contribution < -0.4 is 10.5 Å². The highest BCUT2D eigenvalue weighted by Gasteiger charge is 2.28. The smallest absolute Gasteiger partial charge is 0.253 e. The first-order valence-electron chi connectivity index (χ1n) is 12.4. The number of hydrogen-bond donors (Lipinski definition) is 1. The molecule has 5 rings (SSSR count). The van der Waals surface area contributed by atoms with Gasteiger partial charge in [-0.15, -0.1) is 0 Å². The molecule has 0 bridgehead atoms. The minimum absolute atomic E-state index is 0.0979. The van der Waals surface area contributed by atoms with Gasteiger partial charge < -0.3 is 20.3 Å². The molecule has 0 aliphatic carbocycles. The van der Waals surface area contributed by atoms with Crippen molar-refractivity contribution in [2.45, 2.75) is 38.3 Å². The third kappa shape index (κ3) is 5.61. The molecule has 0 saturated carbocycles. The van der Waals surface area contributed by atoms with Gasteiger partial charge in [0.2, 0.25) is 0 Å². The lowest BCUT2D eigenvalue weighted by atomic mass is 10.0. The molecule has 1 amide bonds. The Bertz CT molecular complexity index is 1220. The van der Waals surface area contributed by atoms with Gasteiger partial charge in [0.25, 0.3) is 5.91 Å². The van der Waals surface area contributed by atoms with Crippen LogP contribution in [-0.2, 0) is 6.61 Å². The molecule has 8 heteroatoms. The van der Waals surface area contributed by atoms with E-state index in [1.807, 2.05) is 41.3 Å². The highest BCUT2D eigenvalue weighted by molar-refractivity contribution is 6.35. The summed E-state index contributed by atoms with van der Waals surface area (Å²) in [6.45, 7) is 4.31. The second-order valence-corrected chi connectivity index (χ2v) is 10.3. The van der Waals surface area contributed by atoms with Gasteiger partial charge in [0.15, 0.2) is 11.6 Å². The maximum absolute atomic E-state index is 13.1. The number of ether oxygens (including phenoxy) is 1. The van der Waals surface area contributed by atoms with Crippen LogP contribution in [0.4, 0.5) is 5.82 Å². The van der Waals surface area contributed by atoms with Crippen molar-refractivity contribution in [3.63, 3.8) is 0 Å². The lowest BCUT2D eigenvalue weighted by Gasteiger charge is -2.36. The number of halogens is 2. The summed E-state index contributed by atoms with van der Waals surface area (Å²) in [6, 6.07) is 15.4. The molecule has 3 heterocycles. The van der Waals surface area contributed by atoms with E-state index in [1.165, 1.54) is 25.9 Å². The normalized spacial score (nSPS) is 16.9. The summed E-state index contributed by atoms with van der Waals surface area (Å²) in [5.74, 6) is 0.869. The second-order valence-electron chi connectivity index (χ2n) is 9.48. The zero-order valence-electron chi connectivity index (χ0n) is 20.1. The molecule has 2 aromatic carbocycles. The van der Waals surface area contributed by atoms with Gasteiger partial charge in [-0.05, 0) is 74.7 Å². The number of nitrogen functional groups attached to an aromatic ring is 1.